The van der Waals surface area contributed by atoms with Crippen molar-refractivity contribution in [2.45, 2.75) is 31.7 Å². The van der Waals surface area contributed by atoms with Gasteiger partial charge in [0.2, 0.25) is 0 Å². The number of hydrogen-bond donors (Lipinski definition) is 2. The van der Waals surface area contributed by atoms with Gasteiger partial charge in [-0.25, -0.2) is 0 Å². The SMILES string of the molecule is O=C(NC1CCOCC1)c1cccc2c1CCCN2. The van der Waals surface area contributed by atoms with Gasteiger partial charge in [-0.2, -0.15) is 0 Å². The van der Waals surface area contributed by atoms with Crippen molar-refractivity contribution in [2.24, 2.45) is 0 Å². The second-order valence-electron chi connectivity index (χ2n) is 5.22. The molecule has 1 aromatic rings. The molecule has 2 aliphatic rings. The largest absolute Gasteiger partial charge is 0.385 e. The first-order valence-electron chi connectivity index (χ1n) is 7.09. The zero-order chi connectivity index (χ0) is 13.1. The Labute approximate surface area is 113 Å². The first kappa shape index (κ1) is 12.5. The van der Waals surface area contributed by atoms with E-state index >= 15 is 0 Å². The lowest BCUT2D eigenvalue weighted by molar-refractivity contribution is 0.0696. The Bertz CT molecular complexity index is 467. The van der Waals surface area contributed by atoms with Crippen LogP contribution in [0.5, 0.6) is 0 Å². The minimum Gasteiger partial charge on any atom is -0.385 e. The first-order valence-corrected chi connectivity index (χ1v) is 7.09. The molecule has 0 radical (unpaired) electrons. The van der Waals surface area contributed by atoms with E-state index in [-0.39, 0.29) is 11.9 Å². The van der Waals surface area contributed by atoms with Crippen LogP contribution in [0.3, 0.4) is 0 Å². The van der Waals surface area contributed by atoms with Crippen molar-refractivity contribution in [1.29, 1.82) is 0 Å². The molecule has 4 nitrogen and oxygen atoms in total. The number of carbonyl (C=O) groups is 1. The Balaban J connectivity index is 1.75. The van der Waals surface area contributed by atoms with Crippen LogP contribution >= 0.6 is 0 Å². The van der Waals surface area contributed by atoms with Gasteiger partial charge < -0.3 is 15.4 Å². The lowest BCUT2D eigenvalue weighted by atomic mass is 9.96. The van der Waals surface area contributed by atoms with E-state index in [0.717, 1.165) is 56.7 Å². The molecule has 4 heteroatoms. The normalized spacial score (nSPS) is 19.4. The highest BCUT2D eigenvalue weighted by molar-refractivity contribution is 5.97. The van der Waals surface area contributed by atoms with Crippen LogP contribution in [-0.2, 0) is 11.2 Å². The van der Waals surface area contributed by atoms with Crippen LogP contribution < -0.4 is 10.6 Å². The van der Waals surface area contributed by atoms with Crippen molar-refractivity contribution in [3.05, 3.63) is 29.3 Å². The van der Waals surface area contributed by atoms with Gasteiger partial charge in [0.25, 0.3) is 5.91 Å². The molecule has 0 spiro atoms. The molecule has 2 N–H and O–H groups in total. The molecule has 0 atom stereocenters. The summed E-state index contributed by atoms with van der Waals surface area (Å²) in [7, 11) is 0. The highest BCUT2D eigenvalue weighted by Gasteiger charge is 2.21. The second-order valence-corrected chi connectivity index (χ2v) is 5.22. The van der Waals surface area contributed by atoms with Gasteiger partial charge in [-0.05, 0) is 43.4 Å². The molecule has 102 valence electrons. The van der Waals surface area contributed by atoms with Crippen molar-refractivity contribution in [3.8, 4) is 0 Å². The Kier molecular flexibility index (Phi) is 3.69. The van der Waals surface area contributed by atoms with Crippen molar-refractivity contribution < 1.29 is 9.53 Å². The number of amides is 1. The molecule has 3 rings (SSSR count). The number of fused-ring (bicyclic) bond motifs is 1. The topological polar surface area (TPSA) is 50.4 Å². The minimum atomic E-state index is 0.0625. The maximum atomic E-state index is 12.4. The zero-order valence-corrected chi connectivity index (χ0v) is 11.1. The second kappa shape index (κ2) is 5.61. The van der Waals surface area contributed by atoms with Crippen LogP contribution in [0.1, 0.15) is 35.2 Å². The quantitative estimate of drug-likeness (QED) is 0.854. The van der Waals surface area contributed by atoms with Gasteiger partial charge in [0.05, 0.1) is 0 Å². The highest BCUT2D eigenvalue weighted by Crippen LogP contribution is 2.25. The van der Waals surface area contributed by atoms with Gasteiger partial charge in [-0.1, -0.05) is 6.07 Å². The fourth-order valence-corrected chi connectivity index (χ4v) is 2.83. The Hall–Kier alpha value is -1.55. The summed E-state index contributed by atoms with van der Waals surface area (Å²) in [5.41, 5.74) is 3.11. The summed E-state index contributed by atoms with van der Waals surface area (Å²) in [6, 6.07) is 6.20. The highest BCUT2D eigenvalue weighted by atomic mass is 16.5. The zero-order valence-electron chi connectivity index (χ0n) is 11.1. The van der Waals surface area contributed by atoms with Gasteiger partial charge in [-0.3, -0.25) is 4.79 Å². The van der Waals surface area contributed by atoms with Gasteiger partial charge in [-0.15, -0.1) is 0 Å². The van der Waals surface area contributed by atoms with E-state index in [2.05, 4.69) is 16.7 Å². The average Bonchev–Trinajstić information content (AvgIpc) is 2.47. The molecule has 2 heterocycles. The summed E-state index contributed by atoms with van der Waals surface area (Å²) in [5.74, 6) is 0.0625. The van der Waals surface area contributed by atoms with Gasteiger partial charge in [0.1, 0.15) is 0 Å². The van der Waals surface area contributed by atoms with Crippen molar-refractivity contribution in [3.63, 3.8) is 0 Å². The van der Waals surface area contributed by atoms with E-state index in [9.17, 15) is 4.79 Å². The molecule has 0 bridgehead atoms. The fraction of sp³-hybridized carbons (Fsp3) is 0.533. The molecule has 19 heavy (non-hydrogen) atoms. The summed E-state index contributed by atoms with van der Waals surface area (Å²) in [4.78, 5) is 12.4. The summed E-state index contributed by atoms with van der Waals surface area (Å²) in [6.07, 6.45) is 3.91. The van der Waals surface area contributed by atoms with Gasteiger partial charge in [0.15, 0.2) is 0 Å². The number of nitrogens with one attached hydrogen (secondary N) is 2. The van der Waals surface area contributed by atoms with Crippen LogP contribution in [0.4, 0.5) is 5.69 Å². The number of carbonyl (C=O) groups excluding carboxylic acids is 1. The maximum absolute atomic E-state index is 12.4. The standard InChI is InChI=1S/C15H20N2O2/c18-15(17-11-6-9-19-10-7-11)13-3-1-5-14-12(13)4-2-8-16-14/h1,3,5,11,16H,2,4,6-10H2,(H,17,18). The Morgan fingerprint density at radius 2 is 2.16 bits per heavy atom. The van der Waals surface area contributed by atoms with E-state index < -0.39 is 0 Å². The van der Waals surface area contributed by atoms with Crippen LogP contribution in [0.15, 0.2) is 18.2 Å². The van der Waals surface area contributed by atoms with E-state index in [1.807, 2.05) is 12.1 Å². The van der Waals surface area contributed by atoms with Gasteiger partial charge >= 0.3 is 0 Å². The Morgan fingerprint density at radius 3 is 3.00 bits per heavy atom. The van der Waals surface area contributed by atoms with E-state index in [1.54, 1.807) is 0 Å². The lowest BCUT2D eigenvalue weighted by Crippen LogP contribution is -2.39. The summed E-state index contributed by atoms with van der Waals surface area (Å²) >= 11 is 0. The summed E-state index contributed by atoms with van der Waals surface area (Å²) < 4.78 is 5.32. The monoisotopic (exact) mass is 260 g/mol. The van der Waals surface area contributed by atoms with E-state index in [4.69, 9.17) is 4.74 Å². The Morgan fingerprint density at radius 1 is 1.32 bits per heavy atom. The molecule has 1 fully saturated rings. The first-order chi connectivity index (χ1) is 9.34. The van der Waals surface area contributed by atoms with Crippen molar-refractivity contribution in [1.82, 2.24) is 5.32 Å². The van der Waals surface area contributed by atoms with E-state index in [1.165, 1.54) is 5.56 Å². The molecule has 0 saturated carbocycles. The van der Waals surface area contributed by atoms with Crippen LogP contribution in [0.2, 0.25) is 0 Å². The number of ether oxygens (including phenoxy) is 1. The lowest BCUT2D eigenvalue weighted by Gasteiger charge is -2.25. The van der Waals surface area contributed by atoms with Crippen molar-refractivity contribution >= 4 is 11.6 Å². The van der Waals surface area contributed by atoms with Crippen LogP contribution in [-0.4, -0.2) is 31.7 Å². The molecular weight excluding hydrogens is 240 g/mol. The van der Waals surface area contributed by atoms with E-state index in [0.29, 0.717) is 0 Å². The molecular formula is C15H20N2O2. The molecule has 0 aromatic heterocycles. The summed E-state index contributed by atoms with van der Waals surface area (Å²) in [5, 5.41) is 6.50. The minimum absolute atomic E-state index is 0.0625. The third-order valence-electron chi connectivity index (χ3n) is 3.90. The molecule has 1 amide bonds. The maximum Gasteiger partial charge on any atom is 0.251 e. The third kappa shape index (κ3) is 2.73. The summed E-state index contributed by atoms with van der Waals surface area (Å²) in [6.45, 7) is 2.50. The van der Waals surface area contributed by atoms with Gasteiger partial charge in [0, 0.05) is 37.1 Å². The predicted molar refractivity (Wildman–Crippen MR) is 74.6 cm³/mol. The molecule has 0 aliphatic carbocycles. The number of hydrogen-bond acceptors (Lipinski definition) is 3. The fourth-order valence-electron chi connectivity index (χ4n) is 2.83. The van der Waals surface area contributed by atoms with Crippen molar-refractivity contribution in [2.75, 3.05) is 25.1 Å². The molecule has 1 aromatic carbocycles. The van der Waals surface area contributed by atoms with Crippen LogP contribution in [0, 0.1) is 0 Å². The molecule has 1 saturated heterocycles. The smallest absolute Gasteiger partial charge is 0.251 e. The average molecular weight is 260 g/mol. The molecule has 2 aliphatic heterocycles. The number of rotatable bonds is 2. The molecule has 0 unspecified atom stereocenters. The predicted octanol–water partition coefficient (Wildman–Crippen LogP) is 1.95. The van der Waals surface area contributed by atoms with Crippen LogP contribution in [0.25, 0.3) is 0 Å². The third-order valence-corrected chi connectivity index (χ3v) is 3.90. The number of benzene rings is 1. The number of anilines is 1.